The third kappa shape index (κ3) is 3.91. The maximum absolute atomic E-state index is 13.4. The molecular formula is C29H31NO3. The van der Waals surface area contributed by atoms with Crippen molar-refractivity contribution in [1.82, 2.24) is 0 Å². The van der Waals surface area contributed by atoms with Gasteiger partial charge in [0.1, 0.15) is 5.75 Å². The molecule has 2 N–H and O–H groups in total. The maximum atomic E-state index is 13.4. The van der Waals surface area contributed by atoms with E-state index in [-0.39, 0.29) is 5.41 Å². The SMILES string of the molecule is COC(=O)C1(c2cc(C)c(N)c(C)c2)C=C(c2ccccc2)c2cc(C(C)(C)C)ccc2O1. The van der Waals surface area contributed by atoms with Gasteiger partial charge in [-0.25, -0.2) is 4.79 Å². The molecule has 4 heteroatoms. The van der Waals surface area contributed by atoms with Gasteiger partial charge in [-0.2, -0.15) is 0 Å². The molecule has 0 saturated carbocycles. The van der Waals surface area contributed by atoms with Crippen LogP contribution in [0.5, 0.6) is 5.75 Å². The minimum atomic E-state index is -1.43. The normalized spacial score (nSPS) is 17.6. The van der Waals surface area contributed by atoms with Crippen LogP contribution in [0.1, 0.15) is 54.2 Å². The van der Waals surface area contributed by atoms with Gasteiger partial charge in [0.2, 0.25) is 5.60 Å². The van der Waals surface area contributed by atoms with Crippen LogP contribution in [0.25, 0.3) is 5.57 Å². The Bertz CT molecular complexity index is 1230. The second-order valence-electron chi connectivity index (χ2n) is 9.74. The molecule has 1 aliphatic rings. The zero-order valence-electron chi connectivity index (χ0n) is 20.2. The van der Waals surface area contributed by atoms with Crippen LogP contribution in [0.4, 0.5) is 5.69 Å². The van der Waals surface area contributed by atoms with Crippen LogP contribution in [0, 0.1) is 13.8 Å². The van der Waals surface area contributed by atoms with E-state index in [9.17, 15) is 4.79 Å². The zero-order chi connectivity index (χ0) is 24.0. The van der Waals surface area contributed by atoms with Crippen LogP contribution in [-0.2, 0) is 20.5 Å². The fourth-order valence-corrected chi connectivity index (χ4v) is 4.34. The number of rotatable bonds is 3. The highest BCUT2D eigenvalue weighted by Gasteiger charge is 2.46. The van der Waals surface area contributed by atoms with E-state index in [2.05, 4.69) is 32.9 Å². The highest BCUT2D eigenvalue weighted by molar-refractivity contribution is 5.94. The number of aryl methyl sites for hydroxylation is 2. The molecular weight excluding hydrogens is 410 g/mol. The molecule has 1 heterocycles. The summed E-state index contributed by atoms with van der Waals surface area (Å²) in [6.07, 6.45) is 1.90. The fourth-order valence-electron chi connectivity index (χ4n) is 4.34. The molecule has 0 radical (unpaired) electrons. The zero-order valence-corrected chi connectivity index (χ0v) is 20.2. The molecule has 33 heavy (non-hydrogen) atoms. The first kappa shape index (κ1) is 22.7. The molecule has 170 valence electrons. The van der Waals surface area contributed by atoms with Gasteiger partial charge in [-0.3, -0.25) is 0 Å². The van der Waals surface area contributed by atoms with Crippen molar-refractivity contribution < 1.29 is 14.3 Å². The number of carbonyl (C=O) groups is 1. The number of anilines is 1. The van der Waals surface area contributed by atoms with Gasteiger partial charge < -0.3 is 15.2 Å². The monoisotopic (exact) mass is 441 g/mol. The van der Waals surface area contributed by atoms with Gasteiger partial charge in [0.15, 0.2) is 0 Å². The highest BCUT2D eigenvalue weighted by atomic mass is 16.6. The lowest BCUT2D eigenvalue weighted by molar-refractivity contribution is -0.155. The molecule has 0 aliphatic carbocycles. The number of hydrogen-bond acceptors (Lipinski definition) is 4. The number of methoxy groups -OCH3 is 1. The number of fused-ring (bicyclic) bond motifs is 1. The van der Waals surface area contributed by atoms with Crippen LogP contribution in [0.2, 0.25) is 0 Å². The lowest BCUT2D eigenvalue weighted by Gasteiger charge is -2.36. The molecule has 4 nitrogen and oxygen atoms in total. The highest BCUT2D eigenvalue weighted by Crippen LogP contribution is 2.46. The first-order chi connectivity index (χ1) is 15.6. The summed E-state index contributed by atoms with van der Waals surface area (Å²) in [4.78, 5) is 13.4. The van der Waals surface area contributed by atoms with Crippen molar-refractivity contribution >= 4 is 17.2 Å². The first-order valence-corrected chi connectivity index (χ1v) is 11.1. The van der Waals surface area contributed by atoms with Gasteiger partial charge in [-0.05, 0) is 77.4 Å². The molecule has 1 unspecified atom stereocenters. The molecule has 0 fully saturated rings. The van der Waals surface area contributed by atoms with E-state index < -0.39 is 11.6 Å². The van der Waals surface area contributed by atoms with Gasteiger partial charge >= 0.3 is 5.97 Å². The summed E-state index contributed by atoms with van der Waals surface area (Å²) in [5, 5.41) is 0. The second kappa shape index (κ2) is 8.11. The van der Waals surface area contributed by atoms with Crippen molar-refractivity contribution in [1.29, 1.82) is 0 Å². The molecule has 1 atom stereocenters. The van der Waals surface area contributed by atoms with Crippen molar-refractivity contribution in [2.24, 2.45) is 0 Å². The van der Waals surface area contributed by atoms with E-state index in [0.717, 1.165) is 27.8 Å². The van der Waals surface area contributed by atoms with Crippen LogP contribution in [0.15, 0.2) is 66.7 Å². The Balaban J connectivity index is 2.04. The molecule has 0 saturated heterocycles. The number of nitrogen functional groups attached to an aromatic ring is 1. The summed E-state index contributed by atoms with van der Waals surface area (Å²) in [6, 6.07) is 20.1. The molecule has 0 bridgehead atoms. The summed E-state index contributed by atoms with van der Waals surface area (Å²) >= 11 is 0. The molecule has 1 aliphatic heterocycles. The third-order valence-electron chi connectivity index (χ3n) is 6.35. The predicted octanol–water partition coefficient (Wildman–Crippen LogP) is 6.08. The number of carbonyl (C=O) groups excluding carboxylic acids is 1. The largest absolute Gasteiger partial charge is 0.466 e. The van der Waals surface area contributed by atoms with E-state index in [1.807, 2.05) is 68.5 Å². The average Bonchev–Trinajstić information content (AvgIpc) is 2.80. The van der Waals surface area contributed by atoms with E-state index in [0.29, 0.717) is 17.0 Å². The van der Waals surface area contributed by atoms with Crippen molar-refractivity contribution in [3.63, 3.8) is 0 Å². The summed E-state index contributed by atoms with van der Waals surface area (Å²) < 4.78 is 11.8. The minimum Gasteiger partial charge on any atom is -0.466 e. The van der Waals surface area contributed by atoms with Gasteiger partial charge in [0.25, 0.3) is 0 Å². The van der Waals surface area contributed by atoms with Crippen LogP contribution in [-0.4, -0.2) is 13.1 Å². The van der Waals surface area contributed by atoms with Gasteiger partial charge in [-0.1, -0.05) is 57.2 Å². The lowest BCUT2D eigenvalue weighted by atomic mass is 9.80. The average molecular weight is 442 g/mol. The Labute approximate surface area is 196 Å². The van der Waals surface area contributed by atoms with Crippen molar-refractivity contribution in [3.05, 3.63) is 100 Å². The maximum Gasteiger partial charge on any atom is 0.359 e. The van der Waals surface area contributed by atoms with Gasteiger partial charge in [0, 0.05) is 16.8 Å². The van der Waals surface area contributed by atoms with Crippen molar-refractivity contribution in [2.75, 3.05) is 12.8 Å². The van der Waals surface area contributed by atoms with Crippen molar-refractivity contribution in [3.8, 4) is 5.75 Å². The summed E-state index contributed by atoms with van der Waals surface area (Å²) in [7, 11) is 1.39. The molecule has 0 aromatic heterocycles. The molecule has 3 aromatic carbocycles. The van der Waals surface area contributed by atoms with E-state index >= 15 is 0 Å². The fraction of sp³-hybridized carbons (Fsp3) is 0.276. The quantitative estimate of drug-likeness (QED) is 0.395. The summed E-state index contributed by atoms with van der Waals surface area (Å²) in [5.74, 6) is 0.159. The van der Waals surface area contributed by atoms with E-state index in [4.69, 9.17) is 15.2 Å². The van der Waals surface area contributed by atoms with Crippen molar-refractivity contribution in [2.45, 2.75) is 45.6 Å². The summed E-state index contributed by atoms with van der Waals surface area (Å²) in [5.41, 5.74) is 12.0. The first-order valence-electron chi connectivity index (χ1n) is 11.1. The Morgan fingerprint density at radius 3 is 2.18 bits per heavy atom. The number of esters is 1. The minimum absolute atomic E-state index is 0.0289. The lowest BCUT2D eigenvalue weighted by Crippen LogP contribution is -2.43. The number of ether oxygens (including phenoxy) is 2. The standard InChI is InChI=1S/C29H31NO3/c1-18-14-22(15-19(2)26(18)30)29(27(31)32-6)17-24(20-10-8-7-9-11-20)23-16-21(28(3,4)5)12-13-25(23)33-29/h7-17H,30H2,1-6H3. The topological polar surface area (TPSA) is 61.5 Å². The van der Waals surface area contributed by atoms with Gasteiger partial charge in [0.05, 0.1) is 7.11 Å². The smallest absolute Gasteiger partial charge is 0.359 e. The Kier molecular flexibility index (Phi) is 5.57. The second-order valence-corrected chi connectivity index (χ2v) is 9.74. The van der Waals surface area contributed by atoms with Gasteiger partial charge in [-0.15, -0.1) is 0 Å². The third-order valence-corrected chi connectivity index (χ3v) is 6.35. The summed E-state index contributed by atoms with van der Waals surface area (Å²) in [6.45, 7) is 10.4. The Hall–Kier alpha value is -3.53. The van der Waals surface area contributed by atoms with E-state index in [1.54, 1.807) is 0 Å². The number of nitrogens with two attached hydrogens (primary N) is 1. The number of hydrogen-bond donors (Lipinski definition) is 1. The number of benzene rings is 3. The van der Waals surface area contributed by atoms with Crippen LogP contribution < -0.4 is 10.5 Å². The van der Waals surface area contributed by atoms with Crippen LogP contribution in [0.3, 0.4) is 0 Å². The molecule has 0 spiro atoms. The van der Waals surface area contributed by atoms with Crippen LogP contribution >= 0.6 is 0 Å². The van der Waals surface area contributed by atoms with E-state index in [1.165, 1.54) is 12.7 Å². The molecule has 4 rings (SSSR count). The Morgan fingerprint density at radius 1 is 0.970 bits per heavy atom. The Morgan fingerprint density at radius 2 is 1.61 bits per heavy atom. The predicted molar refractivity (Wildman–Crippen MR) is 133 cm³/mol. The molecule has 3 aromatic rings. The molecule has 0 amide bonds.